The van der Waals surface area contributed by atoms with Crippen LogP contribution in [0.15, 0.2) is 82.1 Å². The number of aromatic nitrogens is 1. The van der Waals surface area contributed by atoms with Crippen LogP contribution in [0.2, 0.25) is 0 Å². The van der Waals surface area contributed by atoms with Gasteiger partial charge in [-0.05, 0) is 174 Å². The summed E-state index contributed by atoms with van der Waals surface area (Å²) in [6.07, 6.45) is 36.6. The molecular weight excluding hydrogens is 683 g/mol. The van der Waals surface area contributed by atoms with Crippen LogP contribution in [-0.2, 0) is 6.42 Å². The van der Waals surface area contributed by atoms with Crippen LogP contribution < -0.4 is 5.32 Å². The molecule has 2 fully saturated rings. The standard InChI is InChI=1S/C51H61N5/c1-32-12-10-20-42(50(32)36-15-11-14-34(26-36)30-52)51-33(2)13-9-19-38(51)37-28-48(55-44-21-6-3-16-39(44)40-17-4-7-22-45(40)55)54-49(29-37)56-46-23-8-5-18-41(46)43-27-35(31-53)24-25-47(43)56/h3,8,14,16,23-27,32-33,37,39,42,44,48-50,54H,4-7,9-13,15,17-22,28-29H2,1-2H3. The molecule has 6 aliphatic carbocycles. The number of nitrogens with zero attached hydrogens (tertiary/aromatic N) is 4. The number of fused-ring (bicyclic) bond motifs is 5. The molecular formula is C51H61N5. The number of allylic oxidation sites excluding steroid dienone is 9. The van der Waals surface area contributed by atoms with E-state index in [4.69, 9.17) is 0 Å². The molecule has 290 valence electrons. The van der Waals surface area contributed by atoms with E-state index in [2.05, 4.69) is 89.4 Å². The number of aryl methyl sites for hydroxylation is 1. The topological polar surface area (TPSA) is 67.8 Å². The average Bonchev–Trinajstić information content (AvgIpc) is 3.76. The smallest absolute Gasteiger partial charge is 0.0991 e. The lowest BCUT2D eigenvalue weighted by Gasteiger charge is -2.49. The minimum absolute atomic E-state index is 0.169. The first-order valence-corrected chi connectivity index (χ1v) is 22.7. The molecule has 0 spiro atoms. The molecule has 0 bridgehead atoms. The third kappa shape index (κ3) is 6.11. The third-order valence-electron chi connectivity index (χ3n) is 15.9. The van der Waals surface area contributed by atoms with Gasteiger partial charge in [0.25, 0.3) is 0 Å². The van der Waals surface area contributed by atoms with Crippen molar-refractivity contribution in [2.45, 2.75) is 148 Å². The maximum absolute atomic E-state index is 9.96. The molecule has 1 N–H and O–H groups in total. The third-order valence-corrected chi connectivity index (χ3v) is 15.9. The van der Waals surface area contributed by atoms with E-state index in [1.54, 1.807) is 16.8 Å². The fourth-order valence-corrected chi connectivity index (χ4v) is 13.7. The van der Waals surface area contributed by atoms with Gasteiger partial charge >= 0.3 is 0 Å². The molecule has 9 unspecified atom stereocenters. The molecule has 5 nitrogen and oxygen atoms in total. The van der Waals surface area contributed by atoms with Crippen molar-refractivity contribution >= 4 is 17.0 Å². The number of benzene rings is 1. The van der Waals surface area contributed by atoms with E-state index in [-0.39, 0.29) is 6.17 Å². The van der Waals surface area contributed by atoms with Crippen molar-refractivity contribution < 1.29 is 0 Å². The van der Waals surface area contributed by atoms with Crippen molar-refractivity contribution in [1.82, 2.24) is 14.8 Å². The minimum atomic E-state index is 0.169. The van der Waals surface area contributed by atoms with Crippen LogP contribution in [0.5, 0.6) is 0 Å². The molecule has 3 heterocycles. The van der Waals surface area contributed by atoms with Gasteiger partial charge in [-0.1, -0.05) is 67.7 Å². The summed E-state index contributed by atoms with van der Waals surface area (Å²) in [6.45, 7) is 5.10. The fraction of sp³-hybridized carbons (Fsp3) is 0.569. The Labute approximate surface area is 335 Å². The predicted molar refractivity (Wildman–Crippen MR) is 227 cm³/mol. The summed E-state index contributed by atoms with van der Waals surface area (Å²) in [7, 11) is 0. The van der Waals surface area contributed by atoms with Crippen LogP contribution in [0.25, 0.3) is 17.0 Å². The van der Waals surface area contributed by atoms with Gasteiger partial charge in [-0.15, -0.1) is 0 Å². The van der Waals surface area contributed by atoms with Crippen molar-refractivity contribution in [1.29, 1.82) is 10.5 Å². The Morgan fingerprint density at radius 2 is 1.68 bits per heavy atom. The van der Waals surface area contributed by atoms with Gasteiger partial charge in [-0.2, -0.15) is 10.5 Å². The highest BCUT2D eigenvalue weighted by atomic mass is 15.4. The van der Waals surface area contributed by atoms with Crippen LogP contribution in [0.3, 0.4) is 0 Å². The SMILES string of the molecule is CC1CCCC(C2CC(N3C4=C(CCCC4)C4C=CCCC43)NC(n3c4c(c5cc(C#N)ccc53)CCC=C4)C2)=C1C1CCCC(C)C1C1=CC(C#N)=CCC1. The maximum atomic E-state index is 9.96. The van der Waals surface area contributed by atoms with Crippen molar-refractivity contribution in [3.05, 3.63) is 99.0 Å². The Morgan fingerprint density at radius 3 is 2.57 bits per heavy atom. The summed E-state index contributed by atoms with van der Waals surface area (Å²) in [5.74, 6) is 3.48. The zero-order chi connectivity index (χ0) is 37.9. The second-order valence-electron chi connectivity index (χ2n) is 18.9. The molecule has 1 saturated heterocycles. The number of hydrogen-bond acceptors (Lipinski definition) is 4. The molecule has 0 amide bonds. The van der Waals surface area contributed by atoms with Crippen molar-refractivity contribution in [2.75, 3.05) is 0 Å². The predicted octanol–water partition coefficient (Wildman–Crippen LogP) is 12.1. The van der Waals surface area contributed by atoms with Crippen LogP contribution in [0.4, 0.5) is 0 Å². The average molecular weight is 744 g/mol. The van der Waals surface area contributed by atoms with Gasteiger partial charge in [-0.3, -0.25) is 5.32 Å². The highest BCUT2D eigenvalue weighted by Crippen LogP contribution is 2.54. The van der Waals surface area contributed by atoms with E-state index < -0.39 is 0 Å². The maximum Gasteiger partial charge on any atom is 0.0991 e. The first-order chi connectivity index (χ1) is 27.5. The monoisotopic (exact) mass is 743 g/mol. The Morgan fingerprint density at radius 1 is 0.804 bits per heavy atom. The summed E-state index contributed by atoms with van der Waals surface area (Å²) in [6, 6.07) is 12.0. The van der Waals surface area contributed by atoms with Gasteiger partial charge in [0.2, 0.25) is 0 Å². The van der Waals surface area contributed by atoms with E-state index in [9.17, 15) is 10.5 Å². The normalized spacial score (nSPS) is 34.4. The Bertz CT molecular complexity index is 2170. The highest BCUT2D eigenvalue weighted by molar-refractivity contribution is 5.90. The second-order valence-corrected chi connectivity index (χ2v) is 18.9. The largest absolute Gasteiger partial charge is 0.355 e. The van der Waals surface area contributed by atoms with Crippen molar-refractivity contribution in [3.8, 4) is 12.1 Å². The van der Waals surface area contributed by atoms with Crippen LogP contribution in [-0.4, -0.2) is 21.7 Å². The van der Waals surface area contributed by atoms with Crippen molar-refractivity contribution in [3.63, 3.8) is 0 Å². The second kappa shape index (κ2) is 15.0. The zero-order valence-electron chi connectivity index (χ0n) is 33.9. The van der Waals surface area contributed by atoms with Gasteiger partial charge in [0.15, 0.2) is 0 Å². The summed E-state index contributed by atoms with van der Waals surface area (Å²) >= 11 is 0. The molecule has 56 heavy (non-hydrogen) atoms. The van der Waals surface area contributed by atoms with Gasteiger partial charge in [0, 0.05) is 34.3 Å². The van der Waals surface area contributed by atoms with Gasteiger partial charge in [0.05, 0.1) is 35.6 Å². The lowest BCUT2D eigenvalue weighted by Crippen LogP contribution is -2.55. The molecule has 1 aromatic heterocycles. The molecule has 2 aromatic rings. The van der Waals surface area contributed by atoms with E-state index >= 15 is 0 Å². The molecule has 8 aliphatic rings. The molecule has 1 aromatic carbocycles. The number of hydrogen-bond donors (Lipinski definition) is 1. The van der Waals surface area contributed by atoms with Crippen molar-refractivity contribution in [2.24, 2.45) is 35.5 Å². The first kappa shape index (κ1) is 36.3. The van der Waals surface area contributed by atoms with E-state index in [1.807, 2.05) is 17.2 Å². The number of rotatable bonds is 5. The summed E-state index contributed by atoms with van der Waals surface area (Å²) < 4.78 is 2.69. The van der Waals surface area contributed by atoms with Gasteiger partial charge in [-0.25, -0.2) is 0 Å². The Hall–Kier alpha value is -4.06. The Balaban J connectivity index is 1.12. The fourth-order valence-electron chi connectivity index (χ4n) is 13.7. The van der Waals surface area contributed by atoms with E-state index in [0.29, 0.717) is 47.7 Å². The van der Waals surface area contributed by atoms with E-state index in [1.165, 1.54) is 106 Å². The zero-order valence-corrected chi connectivity index (χ0v) is 33.9. The minimum Gasteiger partial charge on any atom is -0.355 e. The van der Waals surface area contributed by atoms with Gasteiger partial charge < -0.3 is 9.47 Å². The number of piperidine rings is 1. The molecule has 9 atom stereocenters. The molecule has 5 heteroatoms. The van der Waals surface area contributed by atoms with Crippen LogP contribution in [0.1, 0.15) is 146 Å². The Kier molecular flexibility index (Phi) is 9.74. The lowest BCUT2D eigenvalue weighted by molar-refractivity contribution is 0.0682. The molecule has 10 rings (SSSR count). The molecule has 1 saturated carbocycles. The summed E-state index contributed by atoms with van der Waals surface area (Å²) in [4.78, 5) is 2.98. The van der Waals surface area contributed by atoms with Crippen LogP contribution >= 0.6 is 0 Å². The summed E-state index contributed by atoms with van der Waals surface area (Å²) in [5.41, 5.74) is 14.4. The number of nitrogens with one attached hydrogen (secondary N) is 1. The van der Waals surface area contributed by atoms with Gasteiger partial charge in [0.1, 0.15) is 0 Å². The van der Waals surface area contributed by atoms with E-state index in [0.717, 1.165) is 43.2 Å². The molecule has 2 aliphatic heterocycles. The highest BCUT2D eigenvalue weighted by Gasteiger charge is 2.48. The summed E-state index contributed by atoms with van der Waals surface area (Å²) in [5, 5.41) is 25.6. The number of nitriles is 2. The lowest BCUT2D eigenvalue weighted by atomic mass is 9.60. The van der Waals surface area contributed by atoms with Crippen LogP contribution in [0, 0.1) is 58.2 Å². The molecule has 0 radical (unpaired) electrons. The first-order valence-electron chi connectivity index (χ1n) is 22.7. The quantitative estimate of drug-likeness (QED) is 0.310.